The summed E-state index contributed by atoms with van der Waals surface area (Å²) < 4.78 is 26.0. The van der Waals surface area contributed by atoms with Crippen LogP contribution in [0.15, 0.2) is 18.2 Å². The fraction of sp³-hybridized carbons (Fsp3) is 0.714. The lowest BCUT2D eigenvalue weighted by Crippen LogP contribution is -2.14. The van der Waals surface area contributed by atoms with E-state index in [1.807, 2.05) is 0 Å². The van der Waals surface area contributed by atoms with Gasteiger partial charge < -0.3 is 0 Å². The van der Waals surface area contributed by atoms with Crippen LogP contribution in [0.25, 0.3) is 0 Å². The first-order valence-electron chi connectivity index (χ1n) is 9.63. The zero-order valence-electron chi connectivity index (χ0n) is 14.6. The highest BCUT2D eigenvalue weighted by atomic mass is 19.2. The third kappa shape index (κ3) is 6.61. The molecule has 0 radical (unpaired) electrons. The fourth-order valence-corrected chi connectivity index (χ4v) is 3.95. The van der Waals surface area contributed by atoms with Crippen molar-refractivity contribution in [3.05, 3.63) is 35.4 Å². The van der Waals surface area contributed by atoms with Crippen LogP contribution in [0.5, 0.6) is 0 Å². The van der Waals surface area contributed by atoms with Crippen LogP contribution in [-0.2, 0) is 6.42 Å². The van der Waals surface area contributed by atoms with Crippen LogP contribution in [0.1, 0.15) is 83.1 Å². The molecule has 23 heavy (non-hydrogen) atoms. The van der Waals surface area contributed by atoms with E-state index < -0.39 is 11.6 Å². The Morgan fingerprint density at radius 2 is 1.43 bits per heavy atom. The van der Waals surface area contributed by atoms with Crippen molar-refractivity contribution in [2.24, 2.45) is 11.8 Å². The van der Waals surface area contributed by atoms with Crippen molar-refractivity contribution in [1.82, 2.24) is 0 Å². The van der Waals surface area contributed by atoms with Gasteiger partial charge in [-0.3, -0.25) is 0 Å². The van der Waals surface area contributed by atoms with Crippen molar-refractivity contribution in [2.75, 3.05) is 0 Å². The second kappa shape index (κ2) is 10.1. The van der Waals surface area contributed by atoms with Gasteiger partial charge in [-0.25, -0.2) is 8.78 Å². The Morgan fingerprint density at radius 3 is 2.00 bits per heavy atom. The van der Waals surface area contributed by atoms with E-state index >= 15 is 0 Å². The summed E-state index contributed by atoms with van der Waals surface area (Å²) in [5.74, 6) is 0.427. The van der Waals surface area contributed by atoms with Gasteiger partial charge in [0.05, 0.1) is 0 Å². The van der Waals surface area contributed by atoms with Gasteiger partial charge in [0.1, 0.15) is 0 Å². The molecule has 0 N–H and O–H groups in total. The lowest BCUT2D eigenvalue weighted by Gasteiger charge is -2.28. The van der Waals surface area contributed by atoms with Crippen LogP contribution in [0.3, 0.4) is 0 Å². The standard InChI is InChI=1S/C21H32F2/c1-2-3-4-7-17-10-12-18(13-11-17)8-5-6-9-19-14-15-20(22)21(23)16-19/h14-18H,2-13H2,1H3. The number of hydrogen-bond donors (Lipinski definition) is 0. The maximum Gasteiger partial charge on any atom is 0.159 e. The third-order valence-corrected chi connectivity index (χ3v) is 5.49. The molecular formula is C21H32F2. The van der Waals surface area contributed by atoms with E-state index in [0.29, 0.717) is 0 Å². The average molecular weight is 322 g/mol. The number of halogens is 2. The zero-order valence-corrected chi connectivity index (χ0v) is 14.6. The highest BCUT2D eigenvalue weighted by molar-refractivity contribution is 5.17. The predicted molar refractivity (Wildman–Crippen MR) is 93.5 cm³/mol. The first kappa shape index (κ1) is 18.4. The van der Waals surface area contributed by atoms with Crippen molar-refractivity contribution in [1.29, 1.82) is 0 Å². The average Bonchev–Trinajstić information content (AvgIpc) is 2.56. The van der Waals surface area contributed by atoms with Gasteiger partial charge >= 0.3 is 0 Å². The minimum Gasteiger partial charge on any atom is -0.204 e. The summed E-state index contributed by atoms with van der Waals surface area (Å²) in [6, 6.07) is 4.29. The van der Waals surface area contributed by atoms with Crippen molar-refractivity contribution in [3.63, 3.8) is 0 Å². The molecule has 0 aromatic heterocycles. The Balaban J connectivity index is 1.56. The minimum atomic E-state index is -0.746. The van der Waals surface area contributed by atoms with Gasteiger partial charge in [0.15, 0.2) is 11.6 Å². The molecule has 0 unspecified atom stereocenters. The van der Waals surface area contributed by atoms with Gasteiger partial charge in [-0.1, -0.05) is 77.2 Å². The van der Waals surface area contributed by atoms with E-state index in [9.17, 15) is 8.78 Å². The molecule has 0 bridgehead atoms. The van der Waals surface area contributed by atoms with Crippen molar-refractivity contribution in [2.45, 2.75) is 84.0 Å². The van der Waals surface area contributed by atoms with E-state index in [1.165, 1.54) is 76.3 Å². The van der Waals surface area contributed by atoms with Crippen LogP contribution < -0.4 is 0 Å². The summed E-state index contributed by atoms with van der Waals surface area (Å²) in [6.07, 6.45) is 15.7. The monoisotopic (exact) mass is 322 g/mol. The maximum absolute atomic E-state index is 13.2. The lowest BCUT2D eigenvalue weighted by molar-refractivity contribution is 0.245. The second-order valence-electron chi connectivity index (χ2n) is 7.38. The third-order valence-electron chi connectivity index (χ3n) is 5.49. The van der Waals surface area contributed by atoms with Gasteiger partial charge in [0, 0.05) is 0 Å². The summed E-state index contributed by atoms with van der Waals surface area (Å²) in [5.41, 5.74) is 0.920. The first-order valence-corrected chi connectivity index (χ1v) is 9.63. The molecule has 0 atom stereocenters. The molecule has 0 aliphatic heterocycles. The molecule has 130 valence electrons. The number of rotatable bonds is 9. The van der Waals surface area contributed by atoms with Crippen LogP contribution in [0.2, 0.25) is 0 Å². The molecule has 0 saturated heterocycles. The summed E-state index contributed by atoms with van der Waals surface area (Å²) in [7, 11) is 0. The van der Waals surface area contributed by atoms with Crippen LogP contribution >= 0.6 is 0 Å². The number of benzene rings is 1. The molecule has 1 saturated carbocycles. The van der Waals surface area contributed by atoms with Crippen molar-refractivity contribution in [3.8, 4) is 0 Å². The number of hydrogen-bond acceptors (Lipinski definition) is 0. The summed E-state index contributed by atoms with van der Waals surface area (Å²) in [5, 5.41) is 0. The molecule has 0 nitrogen and oxygen atoms in total. The largest absolute Gasteiger partial charge is 0.204 e. The normalized spacial score (nSPS) is 21.5. The maximum atomic E-state index is 13.2. The molecule has 2 heteroatoms. The predicted octanol–water partition coefficient (Wildman–Crippen LogP) is 7.06. The van der Waals surface area contributed by atoms with Gasteiger partial charge in [-0.05, 0) is 42.4 Å². The van der Waals surface area contributed by atoms with E-state index in [-0.39, 0.29) is 0 Å². The SMILES string of the molecule is CCCCCC1CCC(CCCCc2ccc(F)c(F)c2)CC1. The Kier molecular flexibility index (Phi) is 8.05. The summed E-state index contributed by atoms with van der Waals surface area (Å²) in [6.45, 7) is 2.28. The summed E-state index contributed by atoms with van der Waals surface area (Å²) in [4.78, 5) is 0. The smallest absolute Gasteiger partial charge is 0.159 e. The Morgan fingerprint density at radius 1 is 0.826 bits per heavy atom. The molecule has 1 aromatic rings. The minimum absolute atomic E-state index is 0.719. The number of unbranched alkanes of at least 4 members (excludes halogenated alkanes) is 3. The second-order valence-corrected chi connectivity index (χ2v) is 7.38. The van der Waals surface area contributed by atoms with Crippen LogP contribution in [0.4, 0.5) is 8.78 Å². The zero-order chi connectivity index (χ0) is 16.5. The van der Waals surface area contributed by atoms with Gasteiger partial charge in [0.2, 0.25) is 0 Å². The molecule has 1 aromatic carbocycles. The highest BCUT2D eigenvalue weighted by Crippen LogP contribution is 2.34. The Bertz CT molecular complexity index is 447. The molecule has 0 heterocycles. The van der Waals surface area contributed by atoms with E-state index in [0.717, 1.165) is 30.2 Å². The van der Waals surface area contributed by atoms with Crippen molar-refractivity contribution < 1.29 is 8.78 Å². The van der Waals surface area contributed by atoms with E-state index in [2.05, 4.69) is 6.92 Å². The first-order chi connectivity index (χ1) is 11.2. The summed E-state index contributed by atoms with van der Waals surface area (Å²) >= 11 is 0. The van der Waals surface area contributed by atoms with Gasteiger partial charge in [-0.15, -0.1) is 0 Å². The number of aryl methyl sites for hydroxylation is 1. The molecule has 1 aliphatic carbocycles. The van der Waals surface area contributed by atoms with E-state index in [4.69, 9.17) is 0 Å². The quantitative estimate of drug-likeness (QED) is 0.427. The van der Waals surface area contributed by atoms with Gasteiger partial charge in [-0.2, -0.15) is 0 Å². The molecule has 1 aliphatic rings. The molecular weight excluding hydrogens is 290 g/mol. The van der Waals surface area contributed by atoms with Crippen LogP contribution in [-0.4, -0.2) is 0 Å². The molecule has 0 spiro atoms. The van der Waals surface area contributed by atoms with Crippen molar-refractivity contribution >= 4 is 0 Å². The van der Waals surface area contributed by atoms with E-state index in [1.54, 1.807) is 6.07 Å². The van der Waals surface area contributed by atoms with Gasteiger partial charge in [0.25, 0.3) is 0 Å². The lowest BCUT2D eigenvalue weighted by atomic mass is 9.78. The molecule has 0 amide bonds. The molecule has 2 rings (SSSR count). The highest BCUT2D eigenvalue weighted by Gasteiger charge is 2.20. The molecule has 1 fully saturated rings. The Hall–Kier alpha value is -0.920. The fourth-order valence-electron chi connectivity index (χ4n) is 3.95. The topological polar surface area (TPSA) is 0 Å². The Labute approximate surface area is 140 Å². The van der Waals surface area contributed by atoms with Crippen LogP contribution in [0, 0.1) is 23.5 Å².